The van der Waals surface area contributed by atoms with Crippen molar-refractivity contribution in [3.63, 3.8) is 0 Å². The molecule has 2 rings (SSSR count). The van der Waals surface area contributed by atoms with Crippen molar-refractivity contribution in [1.29, 1.82) is 0 Å². The van der Waals surface area contributed by atoms with E-state index < -0.39 is 12.7 Å². The molecule has 0 amide bonds. The molecule has 0 radical (unpaired) electrons. The van der Waals surface area contributed by atoms with E-state index in [0.29, 0.717) is 11.8 Å². The van der Waals surface area contributed by atoms with Crippen molar-refractivity contribution in [1.82, 2.24) is 10.2 Å². The molecule has 0 spiro atoms. The van der Waals surface area contributed by atoms with Gasteiger partial charge in [-0.05, 0) is 44.1 Å². The fourth-order valence-corrected chi connectivity index (χ4v) is 3.96. The number of hydrogen-bond acceptors (Lipinski definition) is 2. The van der Waals surface area contributed by atoms with E-state index in [1.165, 1.54) is 0 Å². The molecule has 5 heteroatoms. The first-order valence-electron chi connectivity index (χ1n) is 7.87. The van der Waals surface area contributed by atoms with Crippen molar-refractivity contribution in [2.45, 2.75) is 70.8 Å². The van der Waals surface area contributed by atoms with Crippen LogP contribution in [0.2, 0.25) is 0 Å². The Labute approximate surface area is 120 Å². The van der Waals surface area contributed by atoms with Gasteiger partial charge in [0.15, 0.2) is 0 Å². The van der Waals surface area contributed by atoms with E-state index in [2.05, 4.69) is 19.2 Å². The number of nitrogens with one attached hydrogen (secondary N) is 1. The predicted octanol–water partition coefficient (Wildman–Crippen LogP) is 3.43. The van der Waals surface area contributed by atoms with Gasteiger partial charge >= 0.3 is 6.18 Å². The third-order valence-electron chi connectivity index (χ3n) is 4.65. The molecule has 2 saturated carbocycles. The van der Waals surface area contributed by atoms with Crippen LogP contribution < -0.4 is 5.32 Å². The molecule has 118 valence electrons. The van der Waals surface area contributed by atoms with Crippen molar-refractivity contribution < 1.29 is 13.2 Å². The number of halogens is 3. The summed E-state index contributed by atoms with van der Waals surface area (Å²) < 4.78 is 38.7. The van der Waals surface area contributed by atoms with Crippen LogP contribution in [0, 0.1) is 11.8 Å². The number of hydrogen-bond donors (Lipinski definition) is 1. The minimum absolute atomic E-state index is 0.0280. The summed E-state index contributed by atoms with van der Waals surface area (Å²) >= 11 is 0. The highest BCUT2D eigenvalue weighted by atomic mass is 19.4. The smallest absolute Gasteiger partial charge is 0.313 e. The third kappa shape index (κ3) is 4.10. The maximum atomic E-state index is 12.9. The van der Waals surface area contributed by atoms with Crippen LogP contribution in [0.4, 0.5) is 13.2 Å². The van der Waals surface area contributed by atoms with Crippen LogP contribution in [0.25, 0.3) is 0 Å². The fraction of sp³-hybridized carbons (Fsp3) is 1.00. The first-order chi connectivity index (χ1) is 9.31. The van der Waals surface area contributed by atoms with Crippen molar-refractivity contribution in [3.8, 4) is 0 Å². The van der Waals surface area contributed by atoms with E-state index in [1.807, 2.05) is 6.92 Å². The molecule has 0 saturated heterocycles. The summed E-state index contributed by atoms with van der Waals surface area (Å²) in [6.45, 7) is 6.44. The molecule has 0 aliphatic heterocycles. The molecule has 0 aromatic heterocycles. The average Bonchev–Trinajstić information content (AvgIpc) is 3.08. The number of likely N-dealkylation sites (N-methyl/N-ethyl adjacent to an activating group) is 1. The van der Waals surface area contributed by atoms with Gasteiger partial charge in [0.2, 0.25) is 0 Å². The lowest BCUT2D eigenvalue weighted by molar-refractivity contribution is -0.158. The van der Waals surface area contributed by atoms with Crippen LogP contribution >= 0.6 is 0 Å². The van der Waals surface area contributed by atoms with Crippen LogP contribution in [0.5, 0.6) is 0 Å². The molecule has 4 atom stereocenters. The van der Waals surface area contributed by atoms with Crippen molar-refractivity contribution in [2.75, 3.05) is 13.1 Å². The van der Waals surface area contributed by atoms with Crippen molar-refractivity contribution in [2.24, 2.45) is 11.8 Å². The van der Waals surface area contributed by atoms with E-state index in [4.69, 9.17) is 0 Å². The SMILES string of the molecule is CCNC1CC(C)CC(C)C1N(CC(F)(F)F)C1CC1. The second-order valence-electron chi connectivity index (χ2n) is 6.73. The monoisotopic (exact) mass is 292 g/mol. The van der Waals surface area contributed by atoms with Gasteiger partial charge < -0.3 is 5.32 Å². The second-order valence-corrected chi connectivity index (χ2v) is 6.73. The summed E-state index contributed by atoms with van der Waals surface area (Å²) in [4.78, 5) is 1.75. The maximum absolute atomic E-state index is 12.9. The standard InChI is InChI=1S/C15H27F3N2/c1-4-19-13-8-10(2)7-11(3)14(13)20(12-5-6-12)9-15(16,17)18/h10-14,19H,4-9H2,1-3H3. The van der Waals surface area contributed by atoms with Crippen LogP contribution in [-0.4, -0.2) is 42.3 Å². The molecule has 20 heavy (non-hydrogen) atoms. The van der Waals surface area contributed by atoms with Crippen molar-refractivity contribution >= 4 is 0 Å². The zero-order valence-electron chi connectivity index (χ0n) is 12.7. The van der Waals surface area contributed by atoms with E-state index in [0.717, 1.165) is 32.2 Å². The average molecular weight is 292 g/mol. The largest absolute Gasteiger partial charge is 0.401 e. The summed E-state index contributed by atoms with van der Waals surface area (Å²) in [5.41, 5.74) is 0. The molecule has 0 bridgehead atoms. The lowest BCUT2D eigenvalue weighted by Gasteiger charge is -2.46. The topological polar surface area (TPSA) is 15.3 Å². The highest BCUT2D eigenvalue weighted by Gasteiger charge is 2.46. The van der Waals surface area contributed by atoms with Crippen LogP contribution in [0.3, 0.4) is 0 Å². The molecule has 1 N–H and O–H groups in total. The molecule has 0 aromatic carbocycles. The zero-order chi connectivity index (χ0) is 14.9. The van der Waals surface area contributed by atoms with Crippen LogP contribution in [0.15, 0.2) is 0 Å². The lowest BCUT2D eigenvalue weighted by atomic mass is 9.75. The number of nitrogens with zero attached hydrogens (tertiary/aromatic N) is 1. The highest BCUT2D eigenvalue weighted by molar-refractivity contribution is 4.99. The van der Waals surface area contributed by atoms with E-state index >= 15 is 0 Å². The summed E-state index contributed by atoms with van der Waals surface area (Å²) in [5, 5.41) is 3.44. The van der Waals surface area contributed by atoms with Crippen LogP contribution in [-0.2, 0) is 0 Å². The highest BCUT2D eigenvalue weighted by Crippen LogP contribution is 2.39. The minimum atomic E-state index is -4.10. The van der Waals surface area contributed by atoms with Gasteiger partial charge in [-0.2, -0.15) is 13.2 Å². The van der Waals surface area contributed by atoms with Gasteiger partial charge in [0.05, 0.1) is 6.54 Å². The Morgan fingerprint density at radius 2 is 1.80 bits per heavy atom. The summed E-state index contributed by atoms with van der Waals surface area (Å²) in [6.07, 6.45) is -0.221. The first-order valence-corrected chi connectivity index (χ1v) is 7.87. The van der Waals surface area contributed by atoms with Crippen LogP contribution in [0.1, 0.15) is 46.5 Å². The number of alkyl halides is 3. The molecular weight excluding hydrogens is 265 g/mol. The van der Waals surface area contributed by atoms with Gasteiger partial charge in [0.1, 0.15) is 0 Å². The Bertz CT molecular complexity index is 315. The fourth-order valence-electron chi connectivity index (χ4n) is 3.96. The summed E-state index contributed by atoms with van der Waals surface area (Å²) in [6, 6.07) is 0.376. The predicted molar refractivity (Wildman–Crippen MR) is 74.6 cm³/mol. The van der Waals surface area contributed by atoms with Gasteiger partial charge in [-0.3, -0.25) is 4.90 Å². The molecule has 4 unspecified atom stereocenters. The first kappa shape index (κ1) is 16.1. The number of rotatable bonds is 5. The maximum Gasteiger partial charge on any atom is 0.401 e. The van der Waals surface area contributed by atoms with Gasteiger partial charge in [0, 0.05) is 18.1 Å². The van der Waals surface area contributed by atoms with E-state index in [-0.39, 0.29) is 18.1 Å². The molecule has 2 aliphatic carbocycles. The third-order valence-corrected chi connectivity index (χ3v) is 4.65. The molecule has 0 heterocycles. The van der Waals surface area contributed by atoms with Gasteiger partial charge in [-0.1, -0.05) is 20.8 Å². The molecule has 2 aliphatic rings. The second kappa shape index (κ2) is 6.22. The Hall–Kier alpha value is -0.290. The van der Waals surface area contributed by atoms with Crippen molar-refractivity contribution in [3.05, 3.63) is 0 Å². The van der Waals surface area contributed by atoms with E-state index in [1.54, 1.807) is 4.90 Å². The lowest BCUT2D eigenvalue weighted by Crippen LogP contribution is -2.58. The van der Waals surface area contributed by atoms with Gasteiger partial charge in [-0.15, -0.1) is 0 Å². The zero-order valence-corrected chi connectivity index (χ0v) is 12.7. The molecular formula is C15H27F3N2. The normalized spacial score (nSPS) is 35.5. The Balaban J connectivity index is 2.14. The Morgan fingerprint density at radius 1 is 1.15 bits per heavy atom. The molecule has 2 fully saturated rings. The van der Waals surface area contributed by atoms with Gasteiger partial charge in [-0.25, -0.2) is 0 Å². The Kier molecular flexibility index (Phi) is 5.00. The molecule has 2 nitrogen and oxygen atoms in total. The molecule has 0 aromatic rings. The van der Waals surface area contributed by atoms with E-state index in [9.17, 15) is 13.2 Å². The minimum Gasteiger partial charge on any atom is -0.313 e. The summed E-state index contributed by atoms with van der Waals surface area (Å²) in [7, 11) is 0. The van der Waals surface area contributed by atoms with Gasteiger partial charge in [0.25, 0.3) is 0 Å². The Morgan fingerprint density at radius 3 is 2.30 bits per heavy atom. The summed E-state index contributed by atoms with van der Waals surface area (Å²) in [5.74, 6) is 0.919. The quantitative estimate of drug-likeness (QED) is 0.835.